The molecule has 2 aliphatic heterocycles. The average molecular weight is 362 g/mol. The summed E-state index contributed by atoms with van der Waals surface area (Å²) in [6.45, 7) is 6.01. The van der Waals surface area contributed by atoms with E-state index in [0.717, 1.165) is 9.55 Å². The molecule has 0 radical (unpaired) electrons. The lowest BCUT2D eigenvalue weighted by Gasteiger charge is -2.21. The number of nitrogens with one attached hydrogen (secondary N) is 1. The van der Waals surface area contributed by atoms with E-state index in [4.69, 9.17) is 4.74 Å². The van der Waals surface area contributed by atoms with Crippen molar-refractivity contribution in [1.29, 1.82) is 0 Å². The second-order valence-corrected chi connectivity index (χ2v) is 6.09. The number of carbonyl (C=O) groups is 1. The van der Waals surface area contributed by atoms with Crippen molar-refractivity contribution in [3.8, 4) is 0 Å². The number of aliphatic imine (C=N–C) groups is 1. The third kappa shape index (κ3) is 3.44. The number of alkyl carbamates (subject to hydrolysis) is 1. The van der Waals surface area contributed by atoms with Crippen molar-refractivity contribution in [2.45, 2.75) is 32.5 Å². The number of hydrazone groups is 1. The van der Waals surface area contributed by atoms with Gasteiger partial charge < -0.3 is 4.74 Å². The van der Waals surface area contributed by atoms with E-state index in [1.165, 1.54) is 0 Å². The molecule has 0 saturated heterocycles. The van der Waals surface area contributed by atoms with Crippen LogP contribution in [0.15, 0.2) is 22.2 Å². The van der Waals surface area contributed by atoms with E-state index in [1.54, 1.807) is 5.01 Å². The lowest BCUT2D eigenvalue weighted by Crippen LogP contribution is -2.40. The summed E-state index contributed by atoms with van der Waals surface area (Å²) < 4.78 is 6.07. The van der Waals surface area contributed by atoms with Crippen LogP contribution in [-0.4, -0.2) is 39.0 Å². The Labute approximate surface area is 119 Å². The molecule has 0 aromatic rings. The zero-order valence-electron chi connectivity index (χ0n) is 10.5. The van der Waals surface area contributed by atoms with E-state index in [2.05, 4.69) is 38.0 Å². The quantitative estimate of drug-likeness (QED) is 0.725. The number of amidine groups is 1. The number of halogens is 1. The van der Waals surface area contributed by atoms with E-state index >= 15 is 0 Å². The number of rotatable bonds is 1. The van der Waals surface area contributed by atoms with Gasteiger partial charge in [0.1, 0.15) is 21.3 Å². The molecule has 0 aromatic heterocycles. The molecule has 18 heavy (non-hydrogen) atoms. The fourth-order valence-corrected chi connectivity index (χ4v) is 2.00. The number of hydrogen-bond acceptors (Lipinski definition) is 5. The topological polar surface area (TPSA) is 66.3 Å². The summed E-state index contributed by atoms with van der Waals surface area (Å²) in [7, 11) is 0. The largest absolute Gasteiger partial charge is 0.444 e. The van der Waals surface area contributed by atoms with Crippen molar-refractivity contribution in [3.05, 3.63) is 12.2 Å². The maximum atomic E-state index is 11.6. The predicted octanol–water partition coefficient (Wildman–Crippen LogP) is 1.87. The highest BCUT2D eigenvalue weighted by Crippen LogP contribution is 2.15. The van der Waals surface area contributed by atoms with E-state index < -0.39 is 11.7 Å². The lowest BCUT2D eigenvalue weighted by atomic mass is 10.2. The van der Waals surface area contributed by atoms with E-state index in [9.17, 15) is 4.79 Å². The van der Waals surface area contributed by atoms with Gasteiger partial charge in [-0.15, -0.1) is 0 Å². The van der Waals surface area contributed by atoms with Crippen molar-refractivity contribution < 1.29 is 9.53 Å². The Kier molecular flexibility index (Phi) is 3.60. The van der Waals surface area contributed by atoms with Crippen molar-refractivity contribution in [1.82, 2.24) is 10.3 Å². The zero-order valence-corrected chi connectivity index (χ0v) is 12.6. The van der Waals surface area contributed by atoms with Crippen LogP contribution in [0, 0.1) is 0 Å². The Morgan fingerprint density at radius 3 is 2.94 bits per heavy atom. The second kappa shape index (κ2) is 4.87. The first-order chi connectivity index (χ1) is 8.33. The molecule has 0 aromatic carbocycles. The first-order valence-corrected chi connectivity index (χ1v) is 6.68. The van der Waals surface area contributed by atoms with Gasteiger partial charge >= 0.3 is 6.09 Å². The van der Waals surface area contributed by atoms with E-state index in [0.29, 0.717) is 6.54 Å². The van der Waals surface area contributed by atoms with Gasteiger partial charge in [-0.2, -0.15) is 5.10 Å². The summed E-state index contributed by atoms with van der Waals surface area (Å²) in [5.74, 6) is 0.761. The maximum absolute atomic E-state index is 11.6. The molecule has 7 heteroatoms. The van der Waals surface area contributed by atoms with Gasteiger partial charge in [0, 0.05) is 0 Å². The fourth-order valence-electron chi connectivity index (χ4n) is 1.56. The maximum Gasteiger partial charge on any atom is 0.409 e. The molecular formula is C11H15IN4O2. The molecule has 1 atom stereocenters. The highest BCUT2D eigenvalue weighted by molar-refractivity contribution is 14.1. The van der Waals surface area contributed by atoms with Crippen molar-refractivity contribution >= 4 is 38.2 Å². The Morgan fingerprint density at radius 2 is 2.28 bits per heavy atom. The van der Waals surface area contributed by atoms with Crippen molar-refractivity contribution in [2.75, 3.05) is 6.54 Å². The number of hydrogen-bond donors (Lipinski definition) is 1. The Hall–Kier alpha value is -1.12. The number of carbonyl (C=O) groups excluding carboxylic acids is 1. The Bertz CT molecular complexity index is 450. The molecule has 2 aliphatic rings. The molecule has 0 spiro atoms. The van der Waals surface area contributed by atoms with Crippen LogP contribution in [0.3, 0.4) is 0 Å². The Balaban J connectivity index is 1.93. The van der Waals surface area contributed by atoms with Crippen LogP contribution in [0.5, 0.6) is 0 Å². The van der Waals surface area contributed by atoms with Crippen molar-refractivity contribution in [2.24, 2.45) is 10.1 Å². The van der Waals surface area contributed by atoms with Gasteiger partial charge in [0.15, 0.2) is 0 Å². The normalized spacial score (nSPS) is 22.2. The van der Waals surface area contributed by atoms with Crippen LogP contribution in [0.1, 0.15) is 20.8 Å². The van der Waals surface area contributed by atoms with Gasteiger partial charge in [-0.25, -0.2) is 14.8 Å². The number of nitrogens with zero attached hydrogens (tertiary/aromatic N) is 3. The third-order valence-electron chi connectivity index (χ3n) is 2.17. The minimum atomic E-state index is -0.504. The average Bonchev–Trinajstić information content (AvgIpc) is 2.55. The molecule has 0 bridgehead atoms. The number of fused-ring (bicyclic) bond motifs is 1. The first kappa shape index (κ1) is 13.3. The molecule has 0 aliphatic carbocycles. The van der Waals surface area contributed by atoms with Gasteiger partial charge in [-0.3, -0.25) is 5.32 Å². The van der Waals surface area contributed by atoms with Crippen LogP contribution in [0.2, 0.25) is 0 Å². The summed E-state index contributed by atoms with van der Waals surface area (Å²) in [6.07, 6.45) is 2.99. The zero-order chi connectivity index (χ0) is 13.3. The fraction of sp³-hybridized carbons (Fsp3) is 0.545. The highest BCUT2D eigenvalue weighted by Gasteiger charge is 2.28. The van der Waals surface area contributed by atoms with Crippen LogP contribution < -0.4 is 5.32 Å². The second-order valence-electron chi connectivity index (χ2n) is 4.99. The van der Waals surface area contributed by atoms with Crippen LogP contribution in [-0.2, 0) is 4.74 Å². The minimum absolute atomic E-state index is 0.314. The van der Waals surface area contributed by atoms with Crippen molar-refractivity contribution in [3.63, 3.8) is 0 Å². The summed E-state index contributed by atoms with van der Waals surface area (Å²) in [5, 5.41) is 8.78. The summed E-state index contributed by atoms with van der Waals surface area (Å²) in [5.41, 5.74) is -0.504. The van der Waals surface area contributed by atoms with Gasteiger partial charge in [0.2, 0.25) is 0 Å². The van der Waals surface area contributed by atoms with Gasteiger partial charge in [0.05, 0.1) is 6.54 Å². The van der Waals surface area contributed by atoms with Gasteiger partial charge in [-0.05, 0) is 55.5 Å². The number of amides is 1. The molecular weight excluding hydrogens is 347 g/mol. The van der Waals surface area contributed by atoms with Crippen LogP contribution >= 0.6 is 22.6 Å². The first-order valence-electron chi connectivity index (χ1n) is 5.60. The van der Waals surface area contributed by atoms with Gasteiger partial charge in [-0.1, -0.05) is 0 Å². The third-order valence-corrected chi connectivity index (χ3v) is 2.74. The molecule has 1 N–H and O–H groups in total. The van der Waals surface area contributed by atoms with E-state index in [-0.39, 0.29) is 6.17 Å². The summed E-state index contributed by atoms with van der Waals surface area (Å²) in [4.78, 5) is 16.0. The Morgan fingerprint density at radius 1 is 1.56 bits per heavy atom. The molecule has 1 amide bonds. The molecule has 98 valence electrons. The van der Waals surface area contributed by atoms with Crippen LogP contribution in [0.4, 0.5) is 4.79 Å². The molecule has 0 fully saturated rings. The van der Waals surface area contributed by atoms with Gasteiger partial charge in [0.25, 0.3) is 0 Å². The monoisotopic (exact) mass is 362 g/mol. The van der Waals surface area contributed by atoms with Crippen LogP contribution in [0.25, 0.3) is 0 Å². The molecule has 1 unspecified atom stereocenters. The smallest absolute Gasteiger partial charge is 0.409 e. The lowest BCUT2D eigenvalue weighted by molar-refractivity contribution is 0.0505. The molecule has 6 nitrogen and oxygen atoms in total. The highest BCUT2D eigenvalue weighted by atomic mass is 127. The SMILES string of the molecule is CC(C)(C)OC(=O)NC1CN2N=C(I)C=CC2=N1. The number of ether oxygens (including phenoxy) is 1. The molecule has 2 rings (SSSR count). The van der Waals surface area contributed by atoms with E-state index in [1.807, 2.05) is 32.9 Å². The molecule has 0 saturated carbocycles. The molecule has 2 heterocycles. The summed E-state index contributed by atoms with van der Waals surface area (Å²) in [6, 6.07) is 0. The summed E-state index contributed by atoms with van der Waals surface area (Å²) >= 11 is 2.14. The number of allylic oxidation sites excluding steroid dienone is 1. The predicted molar refractivity (Wildman–Crippen MR) is 77.9 cm³/mol. The standard InChI is InChI=1S/C11H15IN4O2/c1-11(2,3)18-10(17)14-8-6-16-9(13-8)5-4-7(12)15-16/h4-5,8H,6H2,1-3H3,(H,14,17). The minimum Gasteiger partial charge on any atom is -0.444 e.